The molecule has 0 aromatic carbocycles. The Bertz CT molecular complexity index is 179. The zero-order valence-corrected chi connectivity index (χ0v) is 8.31. The van der Waals surface area contributed by atoms with Crippen molar-refractivity contribution in [2.45, 2.75) is 34.1 Å². The van der Waals surface area contributed by atoms with Crippen molar-refractivity contribution in [1.29, 1.82) is 0 Å². The van der Waals surface area contributed by atoms with E-state index in [0.717, 1.165) is 6.42 Å². The molecule has 1 aromatic heterocycles. The Labute approximate surface area is 70.0 Å². The molecule has 0 spiro atoms. The van der Waals surface area contributed by atoms with E-state index in [1.807, 2.05) is 13.8 Å². The van der Waals surface area contributed by atoms with Gasteiger partial charge in [-0.05, 0) is 25.0 Å². The molecule has 0 unspecified atom stereocenters. The summed E-state index contributed by atoms with van der Waals surface area (Å²) in [6.45, 7) is 8.33. The molecule has 0 amide bonds. The average molecular weight is 153 g/mol. The van der Waals surface area contributed by atoms with Crippen molar-refractivity contribution in [2.75, 3.05) is 0 Å². The van der Waals surface area contributed by atoms with Gasteiger partial charge < -0.3 is 4.57 Å². The standard InChI is InChI=1S/C8H13N.C2H6/c1-4-8-7(2)5-6-9(8)3;1-2/h5-6H,4H2,1-3H3;1-2H3. The van der Waals surface area contributed by atoms with E-state index in [1.54, 1.807) is 0 Å². The quantitative estimate of drug-likeness (QED) is 0.584. The molecule has 0 bridgehead atoms. The Morgan fingerprint density at radius 3 is 2.09 bits per heavy atom. The van der Waals surface area contributed by atoms with E-state index in [2.05, 4.69) is 37.7 Å². The second-order valence-electron chi connectivity index (χ2n) is 2.41. The highest BCUT2D eigenvalue weighted by molar-refractivity contribution is 5.19. The molecule has 64 valence electrons. The molecule has 1 heterocycles. The van der Waals surface area contributed by atoms with Gasteiger partial charge in [0.15, 0.2) is 0 Å². The van der Waals surface area contributed by atoms with Crippen LogP contribution in [0.25, 0.3) is 0 Å². The molecule has 11 heavy (non-hydrogen) atoms. The van der Waals surface area contributed by atoms with Gasteiger partial charge >= 0.3 is 0 Å². The van der Waals surface area contributed by atoms with Gasteiger partial charge in [0.05, 0.1) is 0 Å². The first kappa shape index (κ1) is 10.3. The first-order chi connectivity index (χ1) is 5.25. The van der Waals surface area contributed by atoms with Crippen LogP contribution >= 0.6 is 0 Å². The lowest BCUT2D eigenvalue weighted by Crippen LogP contribution is -1.93. The highest BCUT2D eigenvalue weighted by Crippen LogP contribution is 2.07. The minimum absolute atomic E-state index is 1.13. The Hall–Kier alpha value is -0.720. The molecule has 0 atom stereocenters. The lowest BCUT2D eigenvalue weighted by molar-refractivity contribution is 0.831. The number of aromatic nitrogens is 1. The largest absolute Gasteiger partial charge is 0.354 e. The third kappa shape index (κ3) is 2.41. The molecule has 0 aliphatic carbocycles. The zero-order chi connectivity index (χ0) is 8.85. The van der Waals surface area contributed by atoms with E-state index < -0.39 is 0 Å². The predicted octanol–water partition coefficient (Wildman–Crippen LogP) is 2.92. The molecule has 1 aromatic rings. The van der Waals surface area contributed by atoms with Crippen molar-refractivity contribution >= 4 is 0 Å². The van der Waals surface area contributed by atoms with Crippen LogP contribution < -0.4 is 0 Å². The van der Waals surface area contributed by atoms with Crippen LogP contribution in [0.3, 0.4) is 0 Å². The molecule has 1 nitrogen and oxygen atoms in total. The minimum Gasteiger partial charge on any atom is -0.354 e. The van der Waals surface area contributed by atoms with Crippen LogP contribution in [0.1, 0.15) is 32.0 Å². The van der Waals surface area contributed by atoms with Gasteiger partial charge in [-0.1, -0.05) is 20.8 Å². The van der Waals surface area contributed by atoms with Gasteiger partial charge in [-0.25, -0.2) is 0 Å². The summed E-state index contributed by atoms with van der Waals surface area (Å²) in [4.78, 5) is 0. The van der Waals surface area contributed by atoms with Gasteiger partial charge in [0.2, 0.25) is 0 Å². The van der Waals surface area contributed by atoms with Gasteiger partial charge in [-0.3, -0.25) is 0 Å². The molecule has 0 aliphatic rings. The van der Waals surface area contributed by atoms with Crippen LogP contribution in [0.2, 0.25) is 0 Å². The third-order valence-electron chi connectivity index (χ3n) is 1.76. The number of nitrogens with zero attached hydrogens (tertiary/aromatic N) is 1. The first-order valence-electron chi connectivity index (χ1n) is 4.36. The van der Waals surface area contributed by atoms with Crippen LogP contribution in [-0.4, -0.2) is 4.57 Å². The van der Waals surface area contributed by atoms with Crippen molar-refractivity contribution < 1.29 is 0 Å². The lowest BCUT2D eigenvalue weighted by atomic mass is 10.2. The molecule has 0 radical (unpaired) electrons. The topological polar surface area (TPSA) is 4.93 Å². The summed E-state index contributed by atoms with van der Waals surface area (Å²) in [7, 11) is 2.09. The summed E-state index contributed by atoms with van der Waals surface area (Å²) < 4.78 is 2.18. The molecular formula is C10H19N. The Morgan fingerprint density at radius 2 is 1.91 bits per heavy atom. The van der Waals surface area contributed by atoms with Crippen molar-refractivity contribution in [3.05, 3.63) is 23.5 Å². The van der Waals surface area contributed by atoms with Crippen LogP contribution in [0.5, 0.6) is 0 Å². The molecule has 0 aliphatic heterocycles. The fourth-order valence-electron chi connectivity index (χ4n) is 1.22. The maximum atomic E-state index is 2.18. The lowest BCUT2D eigenvalue weighted by Gasteiger charge is -1.98. The minimum atomic E-state index is 1.13. The Morgan fingerprint density at radius 1 is 1.36 bits per heavy atom. The summed E-state index contributed by atoms with van der Waals surface area (Å²) in [5.41, 5.74) is 2.84. The van der Waals surface area contributed by atoms with Gasteiger partial charge in [0.1, 0.15) is 0 Å². The third-order valence-corrected chi connectivity index (χ3v) is 1.76. The fraction of sp³-hybridized carbons (Fsp3) is 0.600. The van der Waals surface area contributed by atoms with E-state index in [0.29, 0.717) is 0 Å². The van der Waals surface area contributed by atoms with Crippen LogP contribution in [-0.2, 0) is 13.5 Å². The van der Waals surface area contributed by atoms with E-state index in [4.69, 9.17) is 0 Å². The number of hydrogen-bond donors (Lipinski definition) is 0. The normalized spacial score (nSPS) is 8.82. The first-order valence-corrected chi connectivity index (χ1v) is 4.36. The van der Waals surface area contributed by atoms with Gasteiger partial charge in [0, 0.05) is 18.9 Å². The van der Waals surface area contributed by atoms with Crippen LogP contribution in [0.4, 0.5) is 0 Å². The second kappa shape index (κ2) is 5.00. The Kier molecular flexibility index (Phi) is 4.67. The van der Waals surface area contributed by atoms with Crippen molar-refractivity contribution in [1.82, 2.24) is 4.57 Å². The number of hydrogen-bond acceptors (Lipinski definition) is 0. The summed E-state index contributed by atoms with van der Waals surface area (Å²) in [5, 5.41) is 0. The number of rotatable bonds is 1. The summed E-state index contributed by atoms with van der Waals surface area (Å²) in [6.07, 6.45) is 3.24. The molecule has 1 heteroatoms. The van der Waals surface area contributed by atoms with Crippen LogP contribution in [0.15, 0.2) is 12.3 Å². The molecular weight excluding hydrogens is 134 g/mol. The van der Waals surface area contributed by atoms with Crippen molar-refractivity contribution in [2.24, 2.45) is 7.05 Å². The van der Waals surface area contributed by atoms with Crippen molar-refractivity contribution in [3.63, 3.8) is 0 Å². The van der Waals surface area contributed by atoms with Gasteiger partial charge in [-0.15, -0.1) is 0 Å². The molecule has 0 saturated carbocycles. The van der Waals surface area contributed by atoms with E-state index in [9.17, 15) is 0 Å². The SMILES string of the molecule is CC.CCc1c(C)ccn1C. The summed E-state index contributed by atoms with van der Waals surface area (Å²) in [6, 6.07) is 2.15. The Balaban J connectivity index is 0.000000461. The fourth-order valence-corrected chi connectivity index (χ4v) is 1.22. The van der Waals surface area contributed by atoms with E-state index in [1.165, 1.54) is 11.3 Å². The molecule has 0 fully saturated rings. The predicted molar refractivity (Wildman–Crippen MR) is 50.9 cm³/mol. The summed E-state index contributed by atoms with van der Waals surface area (Å²) in [5.74, 6) is 0. The molecule has 1 rings (SSSR count). The highest BCUT2D eigenvalue weighted by Gasteiger charge is 1.96. The van der Waals surface area contributed by atoms with Crippen LogP contribution in [0, 0.1) is 6.92 Å². The molecule has 0 N–H and O–H groups in total. The van der Waals surface area contributed by atoms with E-state index >= 15 is 0 Å². The summed E-state index contributed by atoms with van der Waals surface area (Å²) >= 11 is 0. The average Bonchev–Trinajstić information content (AvgIpc) is 2.35. The van der Waals surface area contributed by atoms with Gasteiger partial charge in [0.25, 0.3) is 0 Å². The van der Waals surface area contributed by atoms with Gasteiger partial charge in [-0.2, -0.15) is 0 Å². The second-order valence-corrected chi connectivity index (χ2v) is 2.41. The van der Waals surface area contributed by atoms with Crippen molar-refractivity contribution in [3.8, 4) is 0 Å². The number of aryl methyl sites for hydroxylation is 2. The zero-order valence-electron chi connectivity index (χ0n) is 8.31. The van der Waals surface area contributed by atoms with E-state index in [-0.39, 0.29) is 0 Å². The monoisotopic (exact) mass is 153 g/mol. The molecule has 0 saturated heterocycles. The maximum absolute atomic E-state index is 2.18. The maximum Gasteiger partial charge on any atom is 0.0198 e. The highest BCUT2D eigenvalue weighted by atomic mass is 14.9. The smallest absolute Gasteiger partial charge is 0.0198 e.